The quantitative estimate of drug-likeness (QED) is 0.266. The molecule has 1 aromatic heterocycles. The highest BCUT2D eigenvalue weighted by Crippen LogP contribution is 2.65. The second-order valence-electron chi connectivity index (χ2n) is 8.30. The van der Waals surface area contributed by atoms with E-state index in [4.69, 9.17) is 27.6 Å². The first kappa shape index (κ1) is 21.2. The topological polar surface area (TPSA) is 117 Å². The van der Waals surface area contributed by atoms with Gasteiger partial charge in [0, 0.05) is 0 Å². The van der Waals surface area contributed by atoms with Gasteiger partial charge in [-0.1, -0.05) is 27.6 Å². The summed E-state index contributed by atoms with van der Waals surface area (Å²) in [7, 11) is 0. The molecule has 5 rings (SSSR count). The largest absolute Gasteiger partial charge is 0.463 e. The summed E-state index contributed by atoms with van der Waals surface area (Å²) in [4.78, 5) is 48.8. The van der Waals surface area contributed by atoms with Gasteiger partial charge in [-0.15, -0.1) is 23.2 Å². The number of rotatable bonds is 3. The number of carbonyl (C=O) groups excluding carboxylic acids is 4. The zero-order valence-corrected chi connectivity index (χ0v) is 19.0. The van der Waals surface area contributed by atoms with Gasteiger partial charge in [-0.05, 0) is 30.9 Å². The van der Waals surface area contributed by atoms with E-state index in [1.165, 1.54) is 0 Å². The minimum absolute atomic E-state index is 0.0656. The molecule has 6 unspecified atom stereocenters. The van der Waals surface area contributed by atoms with Gasteiger partial charge >= 0.3 is 0 Å². The van der Waals surface area contributed by atoms with Crippen LogP contribution >= 0.6 is 39.1 Å². The van der Waals surface area contributed by atoms with E-state index in [1.807, 2.05) is 6.08 Å². The molecule has 1 aromatic rings. The number of hydrogen-bond acceptors (Lipinski definition) is 6. The van der Waals surface area contributed by atoms with Crippen LogP contribution in [-0.2, 0) is 25.8 Å². The van der Waals surface area contributed by atoms with Crippen molar-refractivity contribution in [2.24, 2.45) is 17.8 Å². The average molecular weight is 532 g/mol. The highest BCUT2D eigenvalue weighted by molar-refractivity contribution is 9.09. The van der Waals surface area contributed by atoms with Crippen LogP contribution < -0.4 is 5.32 Å². The predicted octanol–water partition coefficient (Wildman–Crippen LogP) is 1.77. The number of fused-ring (bicyclic) bond motifs is 4. The van der Waals surface area contributed by atoms with Crippen LogP contribution in [0.5, 0.6) is 0 Å². The Labute approximate surface area is 195 Å². The number of hydrogen-bond donors (Lipinski definition) is 2. The molecule has 11 heteroatoms. The number of amides is 4. The van der Waals surface area contributed by atoms with Gasteiger partial charge in [-0.25, -0.2) is 0 Å². The molecular weight excluding hydrogens is 515 g/mol. The van der Waals surface area contributed by atoms with Gasteiger partial charge in [0.25, 0.3) is 11.8 Å². The fraction of sp³-hybridized carbons (Fsp3) is 0.500. The Morgan fingerprint density at radius 1 is 1.16 bits per heavy atom. The molecule has 2 N–H and O–H groups in total. The molecule has 6 atom stereocenters. The molecular formula is C20H17BrCl2N2O6. The summed E-state index contributed by atoms with van der Waals surface area (Å²) in [5.74, 6) is -4.36. The fourth-order valence-electron chi connectivity index (χ4n) is 5.61. The maximum atomic E-state index is 13.4. The number of aliphatic hydroxyl groups is 1. The van der Waals surface area contributed by atoms with Crippen molar-refractivity contribution in [1.29, 1.82) is 0 Å². The molecule has 3 fully saturated rings. The van der Waals surface area contributed by atoms with E-state index in [-0.39, 0.29) is 35.9 Å². The molecule has 2 saturated heterocycles. The Kier molecular flexibility index (Phi) is 4.72. The van der Waals surface area contributed by atoms with Crippen LogP contribution in [0.25, 0.3) is 0 Å². The molecule has 0 radical (unpaired) electrons. The third-order valence-corrected chi connectivity index (χ3v) is 8.90. The first-order chi connectivity index (χ1) is 14.7. The van der Waals surface area contributed by atoms with Gasteiger partial charge in [0.1, 0.15) is 18.1 Å². The third-order valence-electron chi connectivity index (χ3n) is 6.98. The van der Waals surface area contributed by atoms with E-state index in [2.05, 4.69) is 21.2 Å². The van der Waals surface area contributed by atoms with E-state index in [9.17, 15) is 24.3 Å². The smallest absolute Gasteiger partial charge is 0.254 e. The van der Waals surface area contributed by atoms with E-state index in [0.29, 0.717) is 12.0 Å². The molecule has 2 aliphatic heterocycles. The van der Waals surface area contributed by atoms with Crippen molar-refractivity contribution >= 4 is 62.8 Å². The van der Waals surface area contributed by atoms with E-state index < -0.39 is 51.1 Å². The summed E-state index contributed by atoms with van der Waals surface area (Å²) in [5.41, 5.74) is 0.559. The van der Waals surface area contributed by atoms with Gasteiger partial charge in [0.15, 0.2) is 9.75 Å². The Hall–Kier alpha value is -1.68. The van der Waals surface area contributed by atoms with Crippen LogP contribution in [0.3, 0.4) is 0 Å². The maximum Gasteiger partial charge on any atom is 0.254 e. The maximum absolute atomic E-state index is 13.4. The number of imide groups is 2. The molecule has 1 saturated carbocycles. The van der Waals surface area contributed by atoms with E-state index >= 15 is 0 Å². The number of nitrogens with one attached hydrogen (secondary N) is 1. The van der Waals surface area contributed by atoms with Crippen molar-refractivity contribution in [3.05, 3.63) is 35.3 Å². The average Bonchev–Trinajstić information content (AvgIpc) is 3.36. The fourth-order valence-corrected chi connectivity index (χ4v) is 7.02. The summed E-state index contributed by atoms with van der Waals surface area (Å²) in [6, 6.07) is 3.14. The number of alkyl halides is 3. The van der Waals surface area contributed by atoms with Gasteiger partial charge in [0.2, 0.25) is 11.8 Å². The van der Waals surface area contributed by atoms with Crippen molar-refractivity contribution in [2.45, 2.75) is 35.1 Å². The van der Waals surface area contributed by atoms with Gasteiger partial charge in [-0.3, -0.25) is 29.4 Å². The second-order valence-corrected chi connectivity index (χ2v) is 10.0. The monoisotopic (exact) mass is 530 g/mol. The van der Waals surface area contributed by atoms with Crippen molar-refractivity contribution in [2.75, 3.05) is 5.45 Å². The lowest BCUT2D eigenvalue weighted by Gasteiger charge is -2.49. The van der Waals surface area contributed by atoms with Crippen molar-refractivity contribution in [3.63, 3.8) is 0 Å². The van der Waals surface area contributed by atoms with Crippen LogP contribution in [0.4, 0.5) is 0 Å². The lowest BCUT2D eigenvalue weighted by Crippen LogP contribution is -2.60. The number of aliphatic hydroxyl groups excluding tert-OH is 1. The molecule has 3 heterocycles. The molecule has 31 heavy (non-hydrogen) atoms. The highest BCUT2D eigenvalue weighted by Gasteiger charge is 2.76. The lowest BCUT2D eigenvalue weighted by atomic mass is 9.57. The molecule has 0 spiro atoms. The zero-order valence-electron chi connectivity index (χ0n) is 15.9. The summed E-state index contributed by atoms with van der Waals surface area (Å²) < 4.78 is 5.76. The summed E-state index contributed by atoms with van der Waals surface area (Å²) in [5, 5.41) is 11.8. The molecule has 4 aliphatic rings. The molecule has 0 bridgehead atoms. The zero-order chi connectivity index (χ0) is 22.3. The standard InChI is InChI=1S/C20H17BrCl2N2O6/c21-7-25-17(29)19(22)5-11-9(2-3-10-13(11)16(28)24-15(10)27)14(20(19,23)18(25)30)12-4-1-8(6-26)31-12/h1-2,4,10-11,13-14,26H,3,5-7H2,(H,24,27,28). The minimum Gasteiger partial charge on any atom is -0.463 e. The number of furan rings is 1. The van der Waals surface area contributed by atoms with Crippen LogP contribution in [-0.4, -0.2) is 48.8 Å². The Morgan fingerprint density at radius 3 is 2.55 bits per heavy atom. The Morgan fingerprint density at radius 2 is 1.90 bits per heavy atom. The highest BCUT2D eigenvalue weighted by atomic mass is 79.9. The molecule has 2 aliphatic carbocycles. The van der Waals surface area contributed by atoms with Crippen LogP contribution in [0.15, 0.2) is 28.2 Å². The normalized spacial score (nSPS) is 39.2. The molecule has 8 nitrogen and oxygen atoms in total. The number of nitrogens with zero attached hydrogens (tertiary/aromatic N) is 1. The first-order valence-corrected chi connectivity index (χ1v) is 11.6. The third kappa shape index (κ3) is 2.52. The lowest BCUT2D eigenvalue weighted by molar-refractivity contribution is -0.138. The number of allylic oxidation sites excluding steroid dienone is 2. The molecule has 4 amide bonds. The van der Waals surface area contributed by atoms with Crippen molar-refractivity contribution in [1.82, 2.24) is 10.2 Å². The summed E-state index contributed by atoms with van der Waals surface area (Å²) in [6.45, 7) is -0.363. The van der Waals surface area contributed by atoms with E-state index in [0.717, 1.165) is 4.90 Å². The number of carbonyl (C=O) groups is 4. The Bertz CT molecular complexity index is 1070. The van der Waals surface area contributed by atoms with Gasteiger partial charge < -0.3 is 9.52 Å². The first-order valence-electron chi connectivity index (χ1n) is 9.73. The SMILES string of the molecule is O=C1NC(=O)C2C1CC=C1C2CC2(Cl)C(=O)N(CBr)C(=O)C2(Cl)C1c1ccc(CO)o1. The Balaban J connectivity index is 1.74. The molecule has 0 aromatic carbocycles. The minimum atomic E-state index is -1.89. The van der Waals surface area contributed by atoms with Crippen LogP contribution in [0.2, 0.25) is 0 Å². The predicted molar refractivity (Wildman–Crippen MR) is 111 cm³/mol. The van der Waals surface area contributed by atoms with Crippen molar-refractivity contribution < 1.29 is 28.7 Å². The van der Waals surface area contributed by atoms with Crippen LogP contribution in [0, 0.1) is 17.8 Å². The summed E-state index contributed by atoms with van der Waals surface area (Å²) >= 11 is 17.1. The van der Waals surface area contributed by atoms with Crippen molar-refractivity contribution in [3.8, 4) is 0 Å². The van der Waals surface area contributed by atoms with Crippen LogP contribution in [0.1, 0.15) is 30.3 Å². The van der Waals surface area contributed by atoms with Gasteiger partial charge in [0.05, 0.1) is 23.2 Å². The summed E-state index contributed by atoms with van der Waals surface area (Å²) in [6.07, 6.45) is 2.04. The number of halogens is 3. The molecule has 164 valence electrons. The second kappa shape index (κ2) is 6.91. The van der Waals surface area contributed by atoms with Gasteiger partial charge in [-0.2, -0.15) is 0 Å². The number of likely N-dealkylation sites (tertiary alicyclic amines) is 1. The van der Waals surface area contributed by atoms with E-state index in [1.54, 1.807) is 12.1 Å².